The van der Waals surface area contributed by atoms with Crippen LogP contribution in [-0.4, -0.2) is 4.57 Å². The number of rotatable bonds is 1. The molecule has 0 saturated heterocycles. The monoisotopic (exact) mass is 417 g/mol. The Bertz CT molecular complexity index is 1910. The Hall–Kier alpha value is -4.36. The summed E-state index contributed by atoms with van der Waals surface area (Å²) >= 11 is 0. The number of hydrogen-bond acceptors (Lipinski definition) is 0. The summed E-state index contributed by atoms with van der Waals surface area (Å²) in [5.74, 6) is 0. The third-order valence-electron chi connectivity index (χ3n) is 7.28. The molecule has 1 heterocycles. The van der Waals surface area contributed by atoms with Gasteiger partial charge in [0, 0.05) is 27.2 Å². The van der Waals surface area contributed by atoms with Crippen molar-refractivity contribution in [3.8, 4) is 27.9 Å². The van der Waals surface area contributed by atoms with E-state index < -0.39 is 0 Å². The van der Waals surface area contributed by atoms with E-state index in [1.807, 2.05) is 0 Å². The van der Waals surface area contributed by atoms with E-state index >= 15 is 0 Å². The lowest BCUT2D eigenvalue weighted by Crippen LogP contribution is -1.94. The first-order valence-corrected chi connectivity index (χ1v) is 11.5. The molecule has 0 atom stereocenters. The third kappa shape index (κ3) is 2.12. The van der Waals surface area contributed by atoms with Crippen molar-refractivity contribution in [2.75, 3.05) is 0 Å². The highest BCUT2D eigenvalue weighted by Crippen LogP contribution is 2.53. The van der Waals surface area contributed by atoms with Crippen molar-refractivity contribution in [2.45, 2.75) is 0 Å². The van der Waals surface area contributed by atoms with E-state index in [1.165, 1.54) is 71.3 Å². The van der Waals surface area contributed by atoms with Crippen molar-refractivity contribution >= 4 is 43.4 Å². The molecule has 8 rings (SSSR count). The molecule has 0 fully saturated rings. The first kappa shape index (κ1) is 17.2. The minimum Gasteiger partial charge on any atom is -0.309 e. The van der Waals surface area contributed by atoms with Crippen LogP contribution in [0.1, 0.15) is 0 Å². The highest BCUT2D eigenvalue weighted by molar-refractivity contribution is 6.33. The average molecular weight is 418 g/mol. The Kier molecular flexibility index (Phi) is 3.19. The van der Waals surface area contributed by atoms with Crippen LogP contribution in [0, 0.1) is 0 Å². The van der Waals surface area contributed by atoms with Gasteiger partial charge in [0.05, 0.1) is 11.0 Å². The first-order chi connectivity index (χ1) is 16.4. The summed E-state index contributed by atoms with van der Waals surface area (Å²) < 4.78 is 2.46. The highest BCUT2D eigenvalue weighted by Gasteiger charge is 2.26. The van der Waals surface area contributed by atoms with E-state index in [9.17, 15) is 0 Å². The number of nitrogens with zero attached hydrogens (tertiary/aromatic N) is 1. The number of benzene rings is 6. The second kappa shape index (κ2) is 6.11. The summed E-state index contributed by atoms with van der Waals surface area (Å²) in [6.45, 7) is 0. The van der Waals surface area contributed by atoms with Crippen LogP contribution in [0.25, 0.3) is 71.3 Å². The second-order valence-electron chi connectivity index (χ2n) is 8.95. The molecule has 0 bridgehead atoms. The average Bonchev–Trinajstić information content (AvgIpc) is 3.38. The van der Waals surface area contributed by atoms with Gasteiger partial charge >= 0.3 is 0 Å². The normalized spacial score (nSPS) is 12.2. The van der Waals surface area contributed by atoms with E-state index in [0.717, 1.165) is 0 Å². The van der Waals surface area contributed by atoms with Gasteiger partial charge in [-0.15, -0.1) is 0 Å². The molecule has 152 valence electrons. The molecule has 7 aromatic rings. The van der Waals surface area contributed by atoms with Crippen LogP contribution in [0.2, 0.25) is 0 Å². The van der Waals surface area contributed by atoms with Gasteiger partial charge in [0.15, 0.2) is 0 Å². The van der Waals surface area contributed by atoms with Gasteiger partial charge in [0.25, 0.3) is 0 Å². The Morgan fingerprint density at radius 1 is 0.424 bits per heavy atom. The summed E-state index contributed by atoms with van der Waals surface area (Å²) in [6.07, 6.45) is 0. The number of fused-ring (bicyclic) bond motifs is 9. The fraction of sp³-hybridized carbons (Fsp3) is 0. The minimum atomic E-state index is 1.20. The van der Waals surface area contributed by atoms with Crippen LogP contribution in [0.15, 0.2) is 115 Å². The molecule has 1 nitrogen and oxygen atoms in total. The van der Waals surface area contributed by atoms with Crippen LogP contribution in [-0.2, 0) is 0 Å². The summed E-state index contributed by atoms with van der Waals surface area (Å²) in [4.78, 5) is 0. The molecule has 33 heavy (non-hydrogen) atoms. The molecule has 1 aliphatic rings. The molecule has 1 aliphatic carbocycles. The Morgan fingerprint density at radius 3 is 1.88 bits per heavy atom. The smallest absolute Gasteiger partial charge is 0.0626 e. The lowest BCUT2D eigenvalue weighted by molar-refractivity contribution is 1.19. The number of para-hydroxylation sites is 2. The quantitative estimate of drug-likeness (QED) is 0.235. The Morgan fingerprint density at radius 2 is 1.06 bits per heavy atom. The van der Waals surface area contributed by atoms with Gasteiger partial charge in [-0.25, -0.2) is 0 Å². The minimum absolute atomic E-state index is 1.20. The third-order valence-corrected chi connectivity index (χ3v) is 7.28. The molecule has 0 amide bonds. The molecule has 0 radical (unpaired) electrons. The van der Waals surface area contributed by atoms with Crippen LogP contribution >= 0.6 is 0 Å². The summed E-state index contributed by atoms with van der Waals surface area (Å²) in [6, 6.07) is 42.1. The predicted octanol–water partition coefficient (Wildman–Crippen LogP) is 8.74. The maximum absolute atomic E-state index is 2.46. The standard InChI is InChI=1S/C32H19N/c1-2-11-21(12-3-1)33-29-17-9-8-16-25(29)28-19-27-24-15-7-6-14-23(24)26-18-20-10-4-5-13-22(20)31(30(26)27)32(28)33/h1-19H. The van der Waals surface area contributed by atoms with Crippen LogP contribution in [0.5, 0.6) is 0 Å². The van der Waals surface area contributed by atoms with Gasteiger partial charge in [-0.1, -0.05) is 84.9 Å². The largest absolute Gasteiger partial charge is 0.309 e. The zero-order valence-corrected chi connectivity index (χ0v) is 17.9. The van der Waals surface area contributed by atoms with Crippen LogP contribution in [0.4, 0.5) is 0 Å². The molecule has 1 heteroatoms. The van der Waals surface area contributed by atoms with Crippen molar-refractivity contribution in [1.82, 2.24) is 4.57 Å². The van der Waals surface area contributed by atoms with Gasteiger partial charge in [-0.2, -0.15) is 0 Å². The van der Waals surface area contributed by atoms with E-state index in [-0.39, 0.29) is 0 Å². The molecule has 6 aromatic carbocycles. The first-order valence-electron chi connectivity index (χ1n) is 11.5. The molecular formula is C32H19N. The zero-order valence-electron chi connectivity index (χ0n) is 17.9. The number of hydrogen-bond donors (Lipinski definition) is 0. The van der Waals surface area contributed by atoms with Crippen molar-refractivity contribution in [3.63, 3.8) is 0 Å². The molecule has 0 aliphatic heterocycles. The molecule has 0 unspecified atom stereocenters. The van der Waals surface area contributed by atoms with Gasteiger partial charge in [0.2, 0.25) is 0 Å². The van der Waals surface area contributed by atoms with E-state index in [0.29, 0.717) is 0 Å². The lowest BCUT2D eigenvalue weighted by Gasteiger charge is -2.13. The molecule has 1 aromatic heterocycles. The molecule has 0 N–H and O–H groups in total. The van der Waals surface area contributed by atoms with Gasteiger partial charge in [0.1, 0.15) is 0 Å². The van der Waals surface area contributed by atoms with Crippen molar-refractivity contribution < 1.29 is 0 Å². The van der Waals surface area contributed by atoms with Gasteiger partial charge < -0.3 is 4.57 Å². The van der Waals surface area contributed by atoms with E-state index in [2.05, 4.69) is 120 Å². The number of aromatic nitrogens is 1. The maximum Gasteiger partial charge on any atom is 0.0626 e. The van der Waals surface area contributed by atoms with Crippen LogP contribution in [0.3, 0.4) is 0 Å². The summed E-state index contributed by atoms with van der Waals surface area (Å²) in [5, 5.41) is 7.95. The van der Waals surface area contributed by atoms with Crippen molar-refractivity contribution in [1.29, 1.82) is 0 Å². The van der Waals surface area contributed by atoms with E-state index in [4.69, 9.17) is 0 Å². The fourth-order valence-corrected chi connectivity index (χ4v) is 5.97. The van der Waals surface area contributed by atoms with Gasteiger partial charge in [-0.05, 0) is 63.4 Å². The van der Waals surface area contributed by atoms with Crippen molar-refractivity contribution in [3.05, 3.63) is 115 Å². The molecular weight excluding hydrogens is 398 g/mol. The highest BCUT2D eigenvalue weighted by atomic mass is 15.0. The topological polar surface area (TPSA) is 4.93 Å². The second-order valence-corrected chi connectivity index (χ2v) is 8.95. The van der Waals surface area contributed by atoms with Crippen LogP contribution < -0.4 is 0 Å². The van der Waals surface area contributed by atoms with Crippen molar-refractivity contribution in [2.24, 2.45) is 0 Å². The summed E-state index contributed by atoms with van der Waals surface area (Å²) in [7, 11) is 0. The Labute approximate surface area is 191 Å². The SMILES string of the molecule is c1ccc(-n2c3ccccc3c3cc4c5c(cc6ccccc6c5c32)-c2ccccc2-4)cc1. The lowest BCUT2D eigenvalue weighted by atomic mass is 9.94. The van der Waals surface area contributed by atoms with Gasteiger partial charge in [-0.3, -0.25) is 0 Å². The summed E-state index contributed by atoms with van der Waals surface area (Å²) in [5.41, 5.74) is 9.13. The molecule has 0 spiro atoms. The van der Waals surface area contributed by atoms with E-state index in [1.54, 1.807) is 0 Å². The predicted molar refractivity (Wildman–Crippen MR) is 140 cm³/mol. The molecule has 0 saturated carbocycles. The maximum atomic E-state index is 2.46. The Balaban J connectivity index is 1.74. The zero-order chi connectivity index (χ0) is 21.5. The fourth-order valence-electron chi connectivity index (χ4n) is 5.97.